The second-order valence-corrected chi connectivity index (χ2v) is 8.96. The van der Waals surface area contributed by atoms with Crippen LogP contribution in [-0.4, -0.2) is 146 Å². The van der Waals surface area contributed by atoms with E-state index in [4.69, 9.17) is 23.7 Å². The Morgan fingerprint density at radius 1 is 0.857 bits per heavy atom. The molecule has 0 aromatic rings. The van der Waals surface area contributed by atoms with E-state index in [2.05, 4.69) is 5.32 Å². The first-order chi connectivity index (χ1) is 16.5. The Morgan fingerprint density at radius 3 is 2.14 bits per heavy atom. The van der Waals surface area contributed by atoms with Crippen LogP contribution in [0.15, 0.2) is 0 Å². The fourth-order valence-corrected chi connectivity index (χ4v) is 4.35. The average molecular weight is 513 g/mol. The number of amides is 1. The van der Waals surface area contributed by atoms with Crippen molar-refractivity contribution in [3.05, 3.63) is 0 Å². The van der Waals surface area contributed by atoms with Crippen molar-refractivity contribution in [2.24, 2.45) is 0 Å². The molecule has 3 saturated heterocycles. The molecule has 0 aromatic carbocycles. The average Bonchev–Trinajstić information content (AvgIpc) is 2.81. The number of ether oxygens (including phenoxy) is 5. The maximum atomic E-state index is 11.7. The van der Waals surface area contributed by atoms with E-state index >= 15 is 0 Å². The summed E-state index contributed by atoms with van der Waals surface area (Å²) in [5.74, 6) is -0.519. The van der Waals surface area contributed by atoms with Gasteiger partial charge >= 0.3 is 0 Å². The van der Waals surface area contributed by atoms with Gasteiger partial charge in [0.1, 0.15) is 48.8 Å². The van der Waals surface area contributed by atoms with Gasteiger partial charge in [-0.3, -0.25) is 4.79 Å². The Labute approximate surface area is 200 Å². The Bertz CT molecular complexity index is 701. The number of rotatable bonds is 7. The van der Waals surface area contributed by atoms with Gasteiger partial charge in [0, 0.05) is 13.3 Å². The molecule has 0 radical (unpaired) electrons. The van der Waals surface area contributed by atoms with E-state index in [-0.39, 0.29) is 6.42 Å². The topological polar surface area (TPSA) is 237 Å². The van der Waals surface area contributed by atoms with Crippen molar-refractivity contribution in [1.29, 1.82) is 0 Å². The quantitative estimate of drug-likeness (QED) is 0.155. The number of carbonyl (C=O) groups excluding carboxylic acids is 1. The predicted molar refractivity (Wildman–Crippen MR) is 110 cm³/mol. The van der Waals surface area contributed by atoms with Crippen LogP contribution in [0.4, 0.5) is 0 Å². The Hall–Kier alpha value is -1.05. The molecule has 0 bridgehead atoms. The molecular formula is C20H35NO14. The maximum absolute atomic E-state index is 11.7. The van der Waals surface area contributed by atoms with Gasteiger partial charge < -0.3 is 69.9 Å². The lowest BCUT2D eigenvalue weighted by atomic mass is 9.96. The van der Waals surface area contributed by atoms with Crippen molar-refractivity contribution in [2.45, 2.75) is 106 Å². The van der Waals surface area contributed by atoms with Crippen LogP contribution >= 0.6 is 0 Å². The zero-order chi connectivity index (χ0) is 26.0. The summed E-state index contributed by atoms with van der Waals surface area (Å²) in [6.07, 6.45) is -18.6. The zero-order valence-corrected chi connectivity index (χ0v) is 19.2. The van der Waals surface area contributed by atoms with Crippen LogP contribution in [-0.2, 0) is 28.5 Å². The number of hydrogen-bond acceptors (Lipinski definition) is 14. The first kappa shape index (κ1) is 28.5. The van der Waals surface area contributed by atoms with Gasteiger partial charge in [0.2, 0.25) is 5.91 Å². The molecule has 14 atom stereocenters. The summed E-state index contributed by atoms with van der Waals surface area (Å²) in [6, 6.07) is -1.12. The minimum atomic E-state index is -1.74. The number of aliphatic hydroxyl groups excluding tert-OH is 8. The summed E-state index contributed by atoms with van der Waals surface area (Å²) in [5.41, 5.74) is 0. The Morgan fingerprint density at radius 2 is 1.54 bits per heavy atom. The summed E-state index contributed by atoms with van der Waals surface area (Å²) in [6.45, 7) is 1.44. The van der Waals surface area contributed by atoms with Gasteiger partial charge in [-0.25, -0.2) is 0 Å². The normalized spacial score (nSPS) is 49.0. The summed E-state index contributed by atoms with van der Waals surface area (Å²) in [7, 11) is 0. The van der Waals surface area contributed by atoms with Crippen LogP contribution in [0.2, 0.25) is 0 Å². The fraction of sp³-hybridized carbons (Fsp3) is 0.950. The molecule has 0 spiro atoms. The molecule has 0 aromatic heterocycles. The molecule has 204 valence electrons. The van der Waals surface area contributed by atoms with Crippen LogP contribution in [0.5, 0.6) is 0 Å². The molecule has 15 nitrogen and oxygen atoms in total. The molecule has 3 fully saturated rings. The fourth-order valence-electron chi connectivity index (χ4n) is 4.35. The van der Waals surface area contributed by atoms with Crippen molar-refractivity contribution in [3.8, 4) is 0 Å². The summed E-state index contributed by atoms with van der Waals surface area (Å²) < 4.78 is 27.8. The number of nitrogens with one attached hydrogen (secondary N) is 1. The van der Waals surface area contributed by atoms with Crippen molar-refractivity contribution >= 4 is 5.91 Å². The van der Waals surface area contributed by atoms with Crippen molar-refractivity contribution < 1.29 is 69.3 Å². The SMILES string of the molecule is CC(=O)N[C@H]1C(O)O[C@H](CO)C[C@@H]1O[C@@H]1O[C@H](CO)[C@H](O)[C@H](O)[C@H]1O[C@@H]1O[C@@H](C)[C@@H](O)[C@@H](O)[C@@H]1O. The molecular weight excluding hydrogens is 478 g/mol. The van der Waals surface area contributed by atoms with Gasteiger partial charge in [-0.2, -0.15) is 0 Å². The predicted octanol–water partition coefficient (Wildman–Crippen LogP) is -5.37. The van der Waals surface area contributed by atoms with E-state index in [1.807, 2.05) is 0 Å². The minimum Gasteiger partial charge on any atom is -0.394 e. The first-order valence-corrected chi connectivity index (χ1v) is 11.3. The van der Waals surface area contributed by atoms with Crippen molar-refractivity contribution in [3.63, 3.8) is 0 Å². The van der Waals surface area contributed by atoms with Crippen LogP contribution in [0, 0.1) is 0 Å². The second kappa shape index (κ2) is 12.0. The van der Waals surface area contributed by atoms with Crippen molar-refractivity contribution in [1.82, 2.24) is 5.32 Å². The summed E-state index contributed by atoms with van der Waals surface area (Å²) in [5, 5.41) is 83.2. The van der Waals surface area contributed by atoms with Gasteiger partial charge in [0.25, 0.3) is 0 Å². The van der Waals surface area contributed by atoms with Gasteiger partial charge in [-0.15, -0.1) is 0 Å². The van der Waals surface area contributed by atoms with Crippen LogP contribution < -0.4 is 5.32 Å². The standard InChI is InChI=1S/C20H35NO14/c1-6-12(25)14(27)16(29)19(31-6)35-17-15(28)13(26)10(5-23)34-20(17)33-9-3-8(4-22)32-18(30)11(9)21-7(2)24/h6,8-20,22-23,25-30H,3-5H2,1-2H3,(H,21,24)/t6-,8-,9-,10+,11+,12+,13-,14+,15-,16-,17+,18?,19-,20+/m0/s1. The number of carbonyl (C=O) groups is 1. The van der Waals surface area contributed by atoms with E-state index in [0.717, 1.165) is 0 Å². The smallest absolute Gasteiger partial charge is 0.217 e. The number of aliphatic hydroxyl groups is 8. The molecule has 1 unspecified atom stereocenters. The third-order valence-corrected chi connectivity index (χ3v) is 6.34. The highest BCUT2D eigenvalue weighted by molar-refractivity contribution is 5.73. The molecule has 15 heteroatoms. The van der Waals surface area contributed by atoms with E-state index in [9.17, 15) is 45.6 Å². The lowest BCUT2D eigenvalue weighted by molar-refractivity contribution is -0.374. The highest BCUT2D eigenvalue weighted by Crippen LogP contribution is 2.32. The highest BCUT2D eigenvalue weighted by Gasteiger charge is 2.52. The molecule has 1 amide bonds. The minimum absolute atomic E-state index is 0.0297. The first-order valence-electron chi connectivity index (χ1n) is 11.3. The number of hydrogen-bond donors (Lipinski definition) is 9. The van der Waals surface area contributed by atoms with E-state index < -0.39 is 105 Å². The van der Waals surface area contributed by atoms with Crippen molar-refractivity contribution in [2.75, 3.05) is 13.2 Å². The van der Waals surface area contributed by atoms with Crippen LogP contribution in [0.25, 0.3) is 0 Å². The molecule has 35 heavy (non-hydrogen) atoms. The molecule has 9 N–H and O–H groups in total. The molecule has 3 heterocycles. The molecule has 3 aliphatic heterocycles. The second-order valence-electron chi connectivity index (χ2n) is 8.96. The van der Waals surface area contributed by atoms with Gasteiger partial charge in [-0.05, 0) is 6.92 Å². The molecule has 0 saturated carbocycles. The van der Waals surface area contributed by atoms with Gasteiger partial charge in [0.05, 0.1) is 31.5 Å². The molecule has 3 aliphatic rings. The lowest BCUT2D eigenvalue weighted by Crippen LogP contribution is -2.66. The van der Waals surface area contributed by atoms with Crippen LogP contribution in [0.3, 0.4) is 0 Å². The third kappa shape index (κ3) is 6.27. The Balaban J connectivity index is 1.84. The maximum Gasteiger partial charge on any atom is 0.217 e. The molecule has 3 rings (SSSR count). The van der Waals surface area contributed by atoms with Gasteiger partial charge in [-0.1, -0.05) is 0 Å². The highest BCUT2D eigenvalue weighted by atomic mass is 16.8. The Kier molecular flexibility index (Phi) is 9.78. The lowest BCUT2D eigenvalue weighted by Gasteiger charge is -2.47. The summed E-state index contributed by atoms with van der Waals surface area (Å²) >= 11 is 0. The monoisotopic (exact) mass is 513 g/mol. The van der Waals surface area contributed by atoms with E-state index in [0.29, 0.717) is 0 Å². The van der Waals surface area contributed by atoms with Gasteiger partial charge in [0.15, 0.2) is 18.9 Å². The molecule has 0 aliphatic carbocycles. The van der Waals surface area contributed by atoms with E-state index in [1.54, 1.807) is 0 Å². The largest absolute Gasteiger partial charge is 0.394 e. The zero-order valence-electron chi connectivity index (χ0n) is 19.2. The van der Waals surface area contributed by atoms with Crippen LogP contribution in [0.1, 0.15) is 20.3 Å². The van der Waals surface area contributed by atoms with E-state index in [1.165, 1.54) is 13.8 Å². The summed E-state index contributed by atoms with van der Waals surface area (Å²) in [4.78, 5) is 11.7. The third-order valence-electron chi connectivity index (χ3n) is 6.34.